The van der Waals surface area contributed by atoms with Gasteiger partial charge >= 0.3 is 0 Å². The van der Waals surface area contributed by atoms with E-state index in [1.807, 2.05) is 6.92 Å². The van der Waals surface area contributed by atoms with Crippen molar-refractivity contribution in [2.24, 2.45) is 0 Å². The minimum absolute atomic E-state index is 0.0451. The average Bonchev–Trinajstić information content (AvgIpc) is 2.81. The van der Waals surface area contributed by atoms with Gasteiger partial charge in [-0.1, -0.05) is 0 Å². The maximum Gasteiger partial charge on any atom is 0.290 e. The number of amides is 1. The SMILES string of the molecule is COC1CCOC2(C1)CN(C(=O)c1occc1C)C2. The molecule has 1 spiro atoms. The van der Waals surface area contributed by atoms with Crippen LogP contribution in [0.1, 0.15) is 29.0 Å². The van der Waals surface area contributed by atoms with E-state index in [2.05, 4.69) is 0 Å². The normalized spacial score (nSPS) is 25.4. The molecule has 5 heteroatoms. The van der Waals surface area contributed by atoms with Crippen molar-refractivity contribution >= 4 is 5.91 Å². The van der Waals surface area contributed by atoms with Crippen molar-refractivity contribution in [3.05, 3.63) is 23.7 Å². The lowest BCUT2D eigenvalue weighted by Crippen LogP contribution is -2.67. The molecule has 1 amide bonds. The van der Waals surface area contributed by atoms with E-state index in [0.717, 1.165) is 18.4 Å². The minimum Gasteiger partial charge on any atom is -0.459 e. The first-order chi connectivity index (χ1) is 9.13. The van der Waals surface area contributed by atoms with E-state index < -0.39 is 0 Å². The summed E-state index contributed by atoms with van der Waals surface area (Å²) in [6.07, 6.45) is 3.60. The number of nitrogens with zero attached hydrogens (tertiary/aromatic N) is 1. The number of hydrogen-bond acceptors (Lipinski definition) is 4. The molecule has 2 saturated heterocycles. The van der Waals surface area contributed by atoms with Gasteiger partial charge < -0.3 is 18.8 Å². The van der Waals surface area contributed by atoms with E-state index in [1.165, 1.54) is 0 Å². The molecule has 19 heavy (non-hydrogen) atoms. The zero-order valence-corrected chi connectivity index (χ0v) is 11.3. The number of carbonyl (C=O) groups excluding carboxylic acids is 1. The highest BCUT2D eigenvalue weighted by Gasteiger charge is 2.50. The van der Waals surface area contributed by atoms with Gasteiger partial charge in [-0.2, -0.15) is 0 Å². The minimum atomic E-state index is -0.199. The Morgan fingerprint density at radius 3 is 2.95 bits per heavy atom. The van der Waals surface area contributed by atoms with E-state index in [0.29, 0.717) is 25.5 Å². The van der Waals surface area contributed by atoms with Crippen LogP contribution >= 0.6 is 0 Å². The summed E-state index contributed by atoms with van der Waals surface area (Å²) in [5.41, 5.74) is 0.681. The predicted octanol–water partition coefficient (Wildman–Crippen LogP) is 1.61. The Kier molecular flexibility index (Phi) is 3.11. The first kappa shape index (κ1) is 12.7. The van der Waals surface area contributed by atoms with Crippen molar-refractivity contribution in [3.8, 4) is 0 Å². The smallest absolute Gasteiger partial charge is 0.290 e. The van der Waals surface area contributed by atoms with Gasteiger partial charge in [-0.15, -0.1) is 0 Å². The number of aryl methyl sites for hydroxylation is 1. The average molecular weight is 265 g/mol. The lowest BCUT2D eigenvalue weighted by molar-refractivity contribution is -0.182. The zero-order chi connectivity index (χ0) is 13.5. The predicted molar refractivity (Wildman–Crippen MR) is 68.1 cm³/mol. The van der Waals surface area contributed by atoms with E-state index in [-0.39, 0.29) is 17.6 Å². The largest absolute Gasteiger partial charge is 0.459 e. The molecule has 3 heterocycles. The molecule has 104 valence electrons. The van der Waals surface area contributed by atoms with Crippen molar-refractivity contribution < 1.29 is 18.7 Å². The number of carbonyl (C=O) groups is 1. The van der Waals surface area contributed by atoms with Crippen molar-refractivity contribution in [1.82, 2.24) is 4.90 Å². The lowest BCUT2D eigenvalue weighted by Gasteiger charge is -2.52. The molecule has 2 aliphatic rings. The summed E-state index contributed by atoms with van der Waals surface area (Å²) in [6.45, 7) is 3.85. The van der Waals surface area contributed by atoms with Crippen LogP contribution in [0.25, 0.3) is 0 Å². The monoisotopic (exact) mass is 265 g/mol. The second-order valence-corrected chi connectivity index (χ2v) is 5.48. The topological polar surface area (TPSA) is 51.9 Å². The number of ether oxygens (including phenoxy) is 2. The second-order valence-electron chi connectivity index (χ2n) is 5.48. The van der Waals surface area contributed by atoms with Gasteiger partial charge in [0.25, 0.3) is 5.91 Å². The molecule has 0 bridgehead atoms. The summed E-state index contributed by atoms with van der Waals surface area (Å²) in [6, 6.07) is 1.81. The molecule has 0 aliphatic carbocycles. The van der Waals surface area contributed by atoms with Crippen molar-refractivity contribution in [2.45, 2.75) is 31.5 Å². The Morgan fingerprint density at radius 2 is 2.32 bits per heavy atom. The van der Waals surface area contributed by atoms with Gasteiger partial charge in [0.05, 0.1) is 25.5 Å². The fourth-order valence-electron chi connectivity index (χ4n) is 2.93. The van der Waals surface area contributed by atoms with E-state index >= 15 is 0 Å². The molecule has 1 aromatic heterocycles. The molecule has 0 saturated carbocycles. The Bertz CT molecular complexity index is 476. The van der Waals surface area contributed by atoms with E-state index in [1.54, 1.807) is 24.3 Å². The van der Waals surface area contributed by atoms with Crippen LogP contribution in [-0.2, 0) is 9.47 Å². The van der Waals surface area contributed by atoms with Gasteiger partial charge in [-0.05, 0) is 19.4 Å². The highest BCUT2D eigenvalue weighted by Crippen LogP contribution is 2.36. The summed E-state index contributed by atoms with van der Waals surface area (Å²) in [5, 5.41) is 0. The summed E-state index contributed by atoms with van der Waals surface area (Å²) in [7, 11) is 1.73. The Morgan fingerprint density at radius 1 is 1.53 bits per heavy atom. The van der Waals surface area contributed by atoms with Crippen LogP contribution in [0.2, 0.25) is 0 Å². The number of rotatable bonds is 2. The highest BCUT2D eigenvalue weighted by atomic mass is 16.5. The van der Waals surface area contributed by atoms with Gasteiger partial charge in [-0.25, -0.2) is 0 Å². The van der Waals surface area contributed by atoms with Crippen LogP contribution in [0.15, 0.2) is 16.7 Å². The third-order valence-corrected chi connectivity index (χ3v) is 4.08. The molecule has 1 aromatic rings. The molecule has 0 radical (unpaired) electrons. The van der Waals surface area contributed by atoms with Gasteiger partial charge in [0, 0.05) is 25.7 Å². The molecule has 0 N–H and O–H groups in total. The number of methoxy groups -OCH3 is 1. The van der Waals surface area contributed by atoms with Gasteiger partial charge in [-0.3, -0.25) is 4.79 Å². The standard InChI is InChI=1S/C14H19NO4/c1-10-3-5-18-12(10)13(16)15-8-14(9-15)7-11(17-2)4-6-19-14/h3,5,11H,4,6-9H2,1-2H3. The van der Waals surface area contributed by atoms with Gasteiger partial charge in [0.15, 0.2) is 5.76 Å². The number of hydrogen-bond donors (Lipinski definition) is 0. The molecule has 0 aromatic carbocycles. The first-order valence-corrected chi connectivity index (χ1v) is 6.64. The molecular weight excluding hydrogens is 246 g/mol. The van der Waals surface area contributed by atoms with Crippen LogP contribution in [0.5, 0.6) is 0 Å². The summed E-state index contributed by atoms with van der Waals surface area (Å²) >= 11 is 0. The van der Waals surface area contributed by atoms with Gasteiger partial charge in [0.2, 0.25) is 0 Å². The Labute approximate surface area is 112 Å². The molecule has 1 atom stereocenters. The van der Waals surface area contributed by atoms with E-state index in [4.69, 9.17) is 13.9 Å². The van der Waals surface area contributed by atoms with Crippen LogP contribution < -0.4 is 0 Å². The van der Waals surface area contributed by atoms with Crippen LogP contribution in [0.4, 0.5) is 0 Å². The van der Waals surface area contributed by atoms with Crippen LogP contribution in [0.3, 0.4) is 0 Å². The molecular formula is C14H19NO4. The molecule has 2 aliphatic heterocycles. The first-order valence-electron chi connectivity index (χ1n) is 6.64. The maximum absolute atomic E-state index is 12.2. The Hall–Kier alpha value is -1.33. The van der Waals surface area contributed by atoms with Crippen LogP contribution in [-0.4, -0.2) is 49.3 Å². The zero-order valence-electron chi connectivity index (χ0n) is 11.3. The highest BCUT2D eigenvalue weighted by molar-refractivity contribution is 5.93. The summed E-state index contributed by atoms with van der Waals surface area (Å²) in [4.78, 5) is 14.0. The maximum atomic E-state index is 12.2. The third kappa shape index (κ3) is 2.17. The quantitative estimate of drug-likeness (QED) is 0.815. The van der Waals surface area contributed by atoms with Gasteiger partial charge in [0.1, 0.15) is 5.60 Å². The second kappa shape index (κ2) is 4.65. The van der Waals surface area contributed by atoms with Crippen LogP contribution in [0, 0.1) is 6.92 Å². The fraction of sp³-hybridized carbons (Fsp3) is 0.643. The lowest BCUT2D eigenvalue weighted by atomic mass is 9.84. The third-order valence-electron chi connectivity index (χ3n) is 4.08. The fourth-order valence-corrected chi connectivity index (χ4v) is 2.93. The Balaban J connectivity index is 1.63. The molecule has 3 rings (SSSR count). The summed E-state index contributed by atoms with van der Waals surface area (Å²) < 4.78 is 16.5. The van der Waals surface area contributed by atoms with E-state index in [9.17, 15) is 4.79 Å². The number of likely N-dealkylation sites (tertiary alicyclic amines) is 1. The van der Waals surface area contributed by atoms with Crippen molar-refractivity contribution in [1.29, 1.82) is 0 Å². The molecule has 5 nitrogen and oxygen atoms in total. The summed E-state index contributed by atoms with van der Waals surface area (Å²) in [5.74, 6) is 0.394. The molecule has 1 unspecified atom stereocenters. The van der Waals surface area contributed by atoms with Crippen molar-refractivity contribution in [2.75, 3.05) is 26.8 Å². The molecule has 2 fully saturated rings. The number of furan rings is 1. The van der Waals surface area contributed by atoms with Crippen molar-refractivity contribution in [3.63, 3.8) is 0 Å².